The number of carbonyl (C=O) groups excluding carboxylic acids is 3. The summed E-state index contributed by atoms with van der Waals surface area (Å²) in [4.78, 5) is 38.8. The summed E-state index contributed by atoms with van der Waals surface area (Å²) >= 11 is 0. The van der Waals surface area contributed by atoms with Gasteiger partial charge in [0.2, 0.25) is 0 Å². The predicted molar refractivity (Wildman–Crippen MR) is 129 cm³/mol. The Morgan fingerprint density at radius 1 is 0.649 bits per heavy atom. The van der Waals surface area contributed by atoms with Gasteiger partial charge >= 0.3 is 17.9 Å². The Bertz CT molecular complexity index is 1120. The van der Waals surface area contributed by atoms with Gasteiger partial charge < -0.3 is 23.7 Å². The largest absolute Gasteiger partial charge is 0.452 e. The summed E-state index contributed by atoms with van der Waals surface area (Å²) in [6.07, 6.45) is -6.97. The third kappa shape index (κ3) is 6.19. The molecular formula is C28H25FO8. The molecule has 0 bridgehead atoms. The number of ether oxygens (including phenoxy) is 5. The highest BCUT2D eigenvalue weighted by molar-refractivity contribution is 5.91. The second kappa shape index (κ2) is 12.2. The van der Waals surface area contributed by atoms with Crippen LogP contribution >= 0.6 is 0 Å². The molecule has 0 aromatic heterocycles. The van der Waals surface area contributed by atoms with E-state index in [2.05, 4.69) is 0 Å². The molecule has 37 heavy (non-hydrogen) atoms. The lowest BCUT2D eigenvalue weighted by molar-refractivity contribution is -0.289. The van der Waals surface area contributed by atoms with Gasteiger partial charge in [0.15, 0.2) is 24.6 Å². The summed E-state index contributed by atoms with van der Waals surface area (Å²) in [7, 11) is 1.27. The maximum atomic E-state index is 14.2. The first-order valence-electron chi connectivity index (χ1n) is 11.5. The average Bonchev–Trinajstić information content (AvgIpc) is 2.95. The van der Waals surface area contributed by atoms with Crippen molar-refractivity contribution >= 4 is 17.9 Å². The Morgan fingerprint density at radius 2 is 1.03 bits per heavy atom. The van der Waals surface area contributed by atoms with Crippen LogP contribution in [0.4, 0.5) is 4.39 Å². The number of alkyl halides is 1. The van der Waals surface area contributed by atoms with Gasteiger partial charge in [0.1, 0.15) is 12.8 Å². The highest BCUT2D eigenvalue weighted by atomic mass is 19.1. The topological polar surface area (TPSA) is 97.4 Å². The van der Waals surface area contributed by atoms with Gasteiger partial charge in [-0.1, -0.05) is 54.6 Å². The average molecular weight is 508 g/mol. The molecule has 1 aliphatic rings. The van der Waals surface area contributed by atoms with Crippen molar-refractivity contribution in [2.75, 3.05) is 13.8 Å². The normalized spacial score (nSPS) is 23.0. The van der Waals surface area contributed by atoms with Gasteiger partial charge in [0, 0.05) is 7.11 Å². The molecule has 1 fully saturated rings. The lowest BCUT2D eigenvalue weighted by atomic mass is 9.98. The first kappa shape index (κ1) is 26.0. The molecule has 0 radical (unpaired) electrons. The summed E-state index contributed by atoms with van der Waals surface area (Å²) in [6.45, 7) is -1.09. The van der Waals surface area contributed by atoms with Crippen LogP contribution in [-0.2, 0) is 23.7 Å². The van der Waals surface area contributed by atoms with E-state index in [1.807, 2.05) is 0 Å². The fourth-order valence-electron chi connectivity index (χ4n) is 3.89. The van der Waals surface area contributed by atoms with Crippen LogP contribution in [-0.4, -0.2) is 62.4 Å². The molecule has 0 unspecified atom stereocenters. The second-order valence-corrected chi connectivity index (χ2v) is 8.14. The molecular weight excluding hydrogens is 483 g/mol. The first-order chi connectivity index (χ1) is 18.0. The van der Waals surface area contributed by atoms with Crippen molar-refractivity contribution in [1.29, 1.82) is 0 Å². The number of benzene rings is 3. The Kier molecular flexibility index (Phi) is 8.60. The molecule has 1 saturated heterocycles. The van der Waals surface area contributed by atoms with Gasteiger partial charge in [-0.3, -0.25) is 0 Å². The summed E-state index contributed by atoms with van der Waals surface area (Å²) < 4.78 is 42.1. The SMILES string of the molecule is CO[C@H]1O[C@H](CF)[C@@H](OC(=O)c2ccccc2)[C@H](OC(=O)c2ccccc2)[C@H]1OC(=O)c1ccccc1. The maximum absolute atomic E-state index is 14.2. The van der Waals surface area contributed by atoms with Crippen molar-refractivity contribution in [3.05, 3.63) is 108 Å². The zero-order valence-corrected chi connectivity index (χ0v) is 19.9. The van der Waals surface area contributed by atoms with Crippen molar-refractivity contribution in [2.45, 2.75) is 30.7 Å². The predicted octanol–water partition coefficient (Wildman–Crippen LogP) is 4.00. The molecule has 192 valence electrons. The van der Waals surface area contributed by atoms with Crippen LogP contribution in [0, 0.1) is 0 Å². The van der Waals surface area contributed by atoms with E-state index in [-0.39, 0.29) is 16.7 Å². The molecule has 9 heteroatoms. The van der Waals surface area contributed by atoms with E-state index in [1.165, 1.54) is 43.5 Å². The van der Waals surface area contributed by atoms with Crippen LogP contribution < -0.4 is 0 Å². The molecule has 0 spiro atoms. The fraction of sp³-hybridized carbons (Fsp3) is 0.250. The van der Waals surface area contributed by atoms with Crippen molar-refractivity contribution in [1.82, 2.24) is 0 Å². The molecule has 0 amide bonds. The highest BCUT2D eigenvalue weighted by Gasteiger charge is 2.53. The minimum Gasteiger partial charge on any atom is -0.452 e. The third-order valence-corrected chi connectivity index (χ3v) is 5.73. The summed E-state index contributed by atoms with van der Waals surface area (Å²) in [5.74, 6) is -2.34. The Balaban J connectivity index is 1.69. The summed E-state index contributed by atoms with van der Waals surface area (Å²) in [6, 6.07) is 24.2. The number of methoxy groups -OCH3 is 1. The van der Waals surface area contributed by atoms with E-state index in [4.69, 9.17) is 23.7 Å². The van der Waals surface area contributed by atoms with Crippen LogP contribution in [0.15, 0.2) is 91.0 Å². The van der Waals surface area contributed by atoms with Crippen LogP contribution in [0.5, 0.6) is 0 Å². The lowest BCUT2D eigenvalue weighted by Gasteiger charge is -2.43. The molecule has 4 rings (SSSR count). The lowest BCUT2D eigenvalue weighted by Crippen LogP contribution is -2.62. The molecule has 3 aromatic rings. The van der Waals surface area contributed by atoms with Crippen LogP contribution in [0.3, 0.4) is 0 Å². The number of hydrogen-bond acceptors (Lipinski definition) is 8. The Labute approximate surface area is 212 Å². The van der Waals surface area contributed by atoms with E-state index >= 15 is 0 Å². The standard InChI is InChI=1S/C28H25FO8/c1-33-28-24(37-27(32)20-15-9-4-10-16-20)23(36-26(31)19-13-7-3-8-14-19)22(21(17-29)34-28)35-25(30)18-11-5-2-6-12-18/h2-16,21-24,28H,17H2,1H3/t21-,22-,23+,24-,28+/m1/s1. The third-order valence-electron chi connectivity index (χ3n) is 5.73. The summed E-state index contributed by atoms with van der Waals surface area (Å²) in [5.41, 5.74) is 0.608. The van der Waals surface area contributed by atoms with Gasteiger partial charge in [0.25, 0.3) is 0 Å². The van der Waals surface area contributed by atoms with Crippen molar-refractivity contribution in [3.8, 4) is 0 Å². The minimum absolute atomic E-state index is 0.194. The minimum atomic E-state index is -1.45. The smallest absolute Gasteiger partial charge is 0.338 e. The first-order valence-corrected chi connectivity index (χ1v) is 11.5. The van der Waals surface area contributed by atoms with Crippen molar-refractivity contribution < 1.29 is 42.5 Å². The molecule has 8 nitrogen and oxygen atoms in total. The molecule has 0 saturated carbocycles. The summed E-state index contributed by atoms with van der Waals surface area (Å²) in [5, 5.41) is 0. The molecule has 0 N–H and O–H groups in total. The molecule has 0 aliphatic carbocycles. The van der Waals surface area contributed by atoms with E-state index in [1.54, 1.807) is 54.6 Å². The van der Waals surface area contributed by atoms with E-state index in [0.717, 1.165) is 0 Å². The molecule has 5 atom stereocenters. The van der Waals surface area contributed by atoms with Crippen molar-refractivity contribution in [3.63, 3.8) is 0 Å². The van der Waals surface area contributed by atoms with Crippen molar-refractivity contribution in [2.24, 2.45) is 0 Å². The Hall–Kier alpha value is -4.08. The quantitative estimate of drug-likeness (QED) is 0.333. The van der Waals surface area contributed by atoms with Gasteiger partial charge in [-0.15, -0.1) is 0 Å². The number of halogens is 1. The number of carbonyl (C=O) groups is 3. The van der Waals surface area contributed by atoms with Crippen LogP contribution in [0.1, 0.15) is 31.1 Å². The molecule has 1 aliphatic heterocycles. The fourth-order valence-corrected chi connectivity index (χ4v) is 3.89. The van der Waals surface area contributed by atoms with Crippen LogP contribution in [0.2, 0.25) is 0 Å². The number of rotatable bonds is 8. The van der Waals surface area contributed by atoms with E-state index < -0.39 is 55.3 Å². The zero-order valence-electron chi connectivity index (χ0n) is 19.9. The zero-order chi connectivity index (χ0) is 26.2. The van der Waals surface area contributed by atoms with Gasteiger partial charge in [-0.25, -0.2) is 18.8 Å². The Morgan fingerprint density at radius 3 is 1.41 bits per heavy atom. The van der Waals surface area contributed by atoms with Crippen LogP contribution in [0.25, 0.3) is 0 Å². The second-order valence-electron chi connectivity index (χ2n) is 8.14. The number of esters is 3. The van der Waals surface area contributed by atoms with Gasteiger partial charge in [-0.2, -0.15) is 0 Å². The molecule has 3 aromatic carbocycles. The monoisotopic (exact) mass is 508 g/mol. The molecule has 1 heterocycles. The number of hydrogen-bond donors (Lipinski definition) is 0. The van der Waals surface area contributed by atoms with Gasteiger partial charge in [0.05, 0.1) is 16.7 Å². The van der Waals surface area contributed by atoms with E-state index in [0.29, 0.717) is 0 Å². The van der Waals surface area contributed by atoms with Gasteiger partial charge in [-0.05, 0) is 36.4 Å². The highest BCUT2D eigenvalue weighted by Crippen LogP contribution is 2.31. The maximum Gasteiger partial charge on any atom is 0.338 e. The van der Waals surface area contributed by atoms with E-state index in [9.17, 15) is 18.8 Å².